The molecule has 0 aromatic heterocycles. The van der Waals surface area contributed by atoms with Gasteiger partial charge in [-0.2, -0.15) is 0 Å². The van der Waals surface area contributed by atoms with Crippen LogP contribution < -0.4 is 0 Å². The lowest BCUT2D eigenvalue weighted by atomic mass is 10.2. The molecule has 0 atom stereocenters. The highest BCUT2D eigenvalue weighted by Gasteiger charge is 2.40. The van der Waals surface area contributed by atoms with E-state index >= 15 is 0 Å². The van der Waals surface area contributed by atoms with E-state index in [-0.39, 0.29) is 36.4 Å². The van der Waals surface area contributed by atoms with Crippen molar-refractivity contribution in [2.24, 2.45) is 0 Å². The van der Waals surface area contributed by atoms with Crippen LogP contribution in [0.1, 0.15) is 39.2 Å². The van der Waals surface area contributed by atoms with Gasteiger partial charge < -0.3 is 9.16 Å². The Morgan fingerprint density at radius 2 is 1.55 bits per heavy atom. The molecule has 1 rings (SSSR count). The minimum absolute atomic E-state index is 0.0313. The molecule has 1 aromatic rings. The van der Waals surface area contributed by atoms with E-state index in [2.05, 4.69) is 20.8 Å². The van der Waals surface area contributed by atoms with Crippen LogP contribution in [0.3, 0.4) is 0 Å². The molecule has 0 N–H and O–H groups in total. The lowest BCUT2D eigenvalue weighted by molar-refractivity contribution is -0.148. The summed E-state index contributed by atoms with van der Waals surface area (Å²) in [6.07, 6.45) is 0.125. The van der Waals surface area contributed by atoms with Gasteiger partial charge in [0.05, 0.1) is 12.8 Å². The number of rotatable bonds is 6. The molecule has 0 bridgehead atoms. The van der Waals surface area contributed by atoms with Crippen LogP contribution in [0, 0.1) is 0 Å². The summed E-state index contributed by atoms with van der Waals surface area (Å²) in [7, 11) is -2.11. The fraction of sp³-hybridized carbons (Fsp3) is 0.529. The minimum atomic E-state index is -2.11. The van der Waals surface area contributed by atoms with Crippen molar-refractivity contribution in [2.75, 3.05) is 0 Å². The summed E-state index contributed by atoms with van der Waals surface area (Å²) >= 11 is 0. The fourth-order valence-electron chi connectivity index (χ4n) is 1.50. The molecule has 0 radical (unpaired) electrons. The van der Waals surface area contributed by atoms with Crippen molar-refractivity contribution in [3.8, 4) is 0 Å². The van der Waals surface area contributed by atoms with Crippen LogP contribution in [0.2, 0.25) is 18.1 Å². The van der Waals surface area contributed by atoms with Crippen LogP contribution >= 0.6 is 0 Å². The molecule has 0 saturated heterocycles. The van der Waals surface area contributed by atoms with E-state index in [0.717, 1.165) is 5.56 Å². The summed E-state index contributed by atoms with van der Waals surface area (Å²) in [4.78, 5) is 23.6. The SMILES string of the molecule is CC(C)(C)[Si](C)(C)OC(=O)CCC(=O)OCc1ccccc1. The minimum Gasteiger partial charge on any atom is -0.519 e. The lowest BCUT2D eigenvalue weighted by Crippen LogP contribution is -2.42. The molecular weight excluding hydrogens is 296 g/mol. The van der Waals surface area contributed by atoms with Gasteiger partial charge >= 0.3 is 5.97 Å². The van der Waals surface area contributed by atoms with E-state index in [0.29, 0.717) is 0 Å². The number of benzene rings is 1. The van der Waals surface area contributed by atoms with Crippen molar-refractivity contribution in [2.45, 2.75) is 58.4 Å². The van der Waals surface area contributed by atoms with Crippen molar-refractivity contribution < 1.29 is 18.8 Å². The van der Waals surface area contributed by atoms with Gasteiger partial charge in [0.25, 0.3) is 14.3 Å². The molecule has 0 fully saturated rings. The average Bonchev–Trinajstić information content (AvgIpc) is 2.42. The van der Waals surface area contributed by atoms with Gasteiger partial charge in [0.2, 0.25) is 0 Å². The highest BCUT2D eigenvalue weighted by molar-refractivity contribution is 6.75. The maximum absolute atomic E-state index is 11.9. The topological polar surface area (TPSA) is 52.6 Å². The standard InChI is InChI=1S/C17H26O4Si/c1-17(2,3)22(4,5)21-16(19)12-11-15(18)20-13-14-9-7-6-8-10-14/h6-10H,11-13H2,1-5H3. The van der Waals surface area contributed by atoms with Gasteiger partial charge in [-0.25, -0.2) is 0 Å². The van der Waals surface area contributed by atoms with Crippen molar-refractivity contribution in [1.29, 1.82) is 0 Å². The summed E-state index contributed by atoms with van der Waals surface area (Å²) in [6, 6.07) is 9.46. The number of carbonyl (C=O) groups excluding carboxylic acids is 2. The van der Waals surface area contributed by atoms with Gasteiger partial charge in [-0.3, -0.25) is 9.59 Å². The molecule has 0 spiro atoms. The normalized spacial score (nSPS) is 11.9. The zero-order valence-electron chi connectivity index (χ0n) is 14.1. The monoisotopic (exact) mass is 322 g/mol. The Morgan fingerprint density at radius 3 is 2.09 bits per heavy atom. The summed E-state index contributed by atoms with van der Waals surface area (Å²) < 4.78 is 10.7. The lowest BCUT2D eigenvalue weighted by Gasteiger charge is -2.35. The van der Waals surface area contributed by atoms with E-state index in [4.69, 9.17) is 9.16 Å². The van der Waals surface area contributed by atoms with E-state index < -0.39 is 8.32 Å². The van der Waals surface area contributed by atoms with E-state index in [1.165, 1.54) is 0 Å². The number of hydrogen-bond donors (Lipinski definition) is 0. The Labute approximate surface area is 134 Å². The van der Waals surface area contributed by atoms with Crippen LogP contribution in [-0.2, 0) is 25.4 Å². The predicted octanol–water partition coefficient (Wildman–Crippen LogP) is 4.06. The van der Waals surface area contributed by atoms with Crippen molar-refractivity contribution >= 4 is 20.3 Å². The number of ether oxygens (including phenoxy) is 1. The average molecular weight is 322 g/mol. The zero-order chi connectivity index (χ0) is 16.8. The van der Waals surface area contributed by atoms with Gasteiger partial charge in [-0.1, -0.05) is 51.1 Å². The summed E-state index contributed by atoms with van der Waals surface area (Å²) in [5.74, 6) is -0.695. The van der Waals surface area contributed by atoms with Crippen LogP contribution in [0.4, 0.5) is 0 Å². The van der Waals surface area contributed by atoms with Gasteiger partial charge in [0.1, 0.15) is 6.61 Å². The Hall–Kier alpha value is -1.62. The molecule has 0 saturated carbocycles. The summed E-state index contributed by atoms with van der Waals surface area (Å²) in [6.45, 7) is 10.5. The molecule has 0 aliphatic carbocycles. The molecule has 0 aliphatic rings. The largest absolute Gasteiger partial charge is 0.519 e. The van der Waals surface area contributed by atoms with Gasteiger partial charge in [0.15, 0.2) is 0 Å². The quantitative estimate of drug-likeness (QED) is 0.585. The number of carbonyl (C=O) groups is 2. The van der Waals surface area contributed by atoms with E-state index in [1.54, 1.807) is 0 Å². The van der Waals surface area contributed by atoms with Crippen LogP contribution in [0.5, 0.6) is 0 Å². The molecule has 122 valence electrons. The predicted molar refractivity (Wildman–Crippen MR) is 88.8 cm³/mol. The molecule has 0 heterocycles. The Balaban J connectivity index is 2.33. The van der Waals surface area contributed by atoms with Crippen molar-refractivity contribution in [3.05, 3.63) is 35.9 Å². The highest BCUT2D eigenvalue weighted by atomic mass is 28.4. The first kappa shape index (κ1) is 18.4. The van der Waals surface area contributed by atoms with Crippen molar-refractivity contribution in [1.82, 2.24) is 0 Å². The first-order valence-electron chi connectivity index (χ1n) is 7.53. The highest BCUT2D eigenvalue weighted by Crippen LogP contribution is 2.36. The first-order chi connectivity index (χ1) is 10.1. The summed E-state index contributed by atoms with van der Waals surface area (Å²) in [5.41, 5.74) is 0.930. The van der Waals surface area contributed by atoms with Crippen LogP contribution in [0.15, 0.2) is 30.3 Å². The Kier molecular flexibility index (Phi) is 6.35. The van der Waals surface area contributed by atoms with E-state index in [1.807, 2.05) is 43.4 Å². The Bertz CT molecular complexity index is 503. The molecule has 1 aromatic carbocycles. The molecule has 5 heteroatoms. The van der Waals surface area contributed by atoms with E-state index in [9.17, 15) is 9.59 Å². The molecule has 4 nitrogen and oxygen atoms in total. The second kappa shape index (κ2) is 7.58. The molecule has 0 amide bonds. The number of hydrogen-bond acceptors (Lipinski definition) is 4. The third-order valence-corrected chi connectivity index (χ3v) is 8.30. The molecule has 22 heavy (non-hydrogen) atoms. The zero-order valence-corrected chi connectivity index (χ0v) is 15.1. The summed E-state index contributed by atoms with van der Waals surface area (Å²) in [5, 5.41) is -0.0313. The third kappa shape index (κ3) is 6.01. The van der Waals surface area contributed by atoms with Crippen LogP contribution in [0.25, 0.3) is 0 Å². The molecular formula is C17H26O4Si. The fourth-order valence-corrected chi connectivity index (χ4v) is 2.48. The van der Waals surface area contributed by atoms with Crippen molar-refractivity contribution in [3.63, 3.8) is 0 Å². The third-order valence-electron chi connectivity index (χ3n) is 3.95. The second-order valence-electron chi connectivity index (χ2n) is 6.88. The smallest absolute Gasteiger partial charge is 0.306 e. The maximum Gasteiger partial charge on any atom is 0.306 e. The first-order valence-corrected chi connectivity index (χ1v) is 10.4. The van der Waals surface area contributed by atoms with Gasteiger partial charge in [-0.15, -0.1) is 0 Å². The number of esters is 1. The Morgan fingerprint density at radius 1 is 1.00 bits per heavy atom. The van der Waals surface area contributed by atoms with Crippen LogP contribution in [-0.4, -0.2) is 20.3 Å². The van der Waals surface area contributed by atoms with Gasteiger partial charge in [0, 0.05) is 0 Å². The maximum atomic E-state index is 11.9. The van der Waals surface area contributed by atoms with Gasteiger partial charge in [-0.05, 0) is 23.7 Å². The molecule has 0 aliphatic heterocycles. The second-order valence-corrected chi connectivity index (χ2v) is 11.6. The molecule has 0 unspecified atom stereocenters.